The number of halogens is 1. The Hall–Kier alpha value is -2.91. The molecule has 1 amide bonds. The lowest BCUT2D eigenvalue weighted by Gasteiger charge is -2.16. The Bertz CT molecular complexity index is 1140. The molecule has 8 nitrogen and oxygen atoms in total. The Morgan fingerprint density at radius 1 is 1.14 bits per heavy atom. The number of carbonyl (C=O) groups excluding carboxylic acids is 1. The summed E-state index contributed by atoms with van der Waals surface area (Å²) < 4.78 is 35.7. The highest BCUT2D eigenvalue weighted by molar-refractivity contribution is 7.91. The van der Waals surface area contributed by atoms with Crippen molar-refractivity contribution in [2.45, 2.75) is 18.3 Å². The molecular formula is C19H16ClN3O5S. The molecule has 0 spiro atoms. The third-order valence-corrected chi connectivity index (χ3v) is 5.97. The van der Waals surface area contributed by atoms with Crippen molar-refractivity contribution >= 4 is 33.0 Å². The molecule has 0 aliphatic carbocycles. The Balaban J connectivity index is 1.41. The monoisotopic (exact) mass is 433 g/mol. The highest BCUT2D eigenvalue weighted by atomic mass is 35.5. The van der Waals surface area contributed by atoms with E-state index >= 15 is 0 Å². The van der Waals surface area contributed by atoms with Crippen LogP contribution in [0.15, 0.2) is 58.2 Å². The number of ether oxygens (including phenoxy) is 1. The van der Waals surface area contributed by atoms with Crippen LogP contribution in [-0.2, 0) is 27.7 Å². The lowest BCUT2D eigenvalue weighted by Crippen LogP contribution is -2.34. The fourth-order valence-electron chi connectivity index (χ4n) is 3.00. The predicted octanol–water partition coefficient (Wildman–Crippen LogP) is 2.67. The predicted molar refractivity (Wildman–Crippen MR) is 105 cm³/mol. The average molecular weight is 434 g/mol. The highest BCUT2D eigenvalue weighted by Gasteiger charge is 2.31. The molecule has 4 rings (SSSR count). The van der Waals surface area contributed by atoms with Crippen LogP contribution >= 0.6 is 11.6 Å². The van der Waals surface area contributed by atoms with E-state index < -0.39 is 26.7 Å². The van der Waals surface area contributed by atoms with Crippen molar-refractivity contribution in [1.29, 1.82) is 0 Å². The SMILES string of the molecule is O=C(CS(=O)(=O)c1nnc(COc2ccc(Cl)cc2)o1)N1CCc2ccccc21. The number of anilines is 1. The van der Waals surface area contributed by atoms with Crippen molar-refractivity contribution in [2.75, 3.05) is 17.2 Å². The van der Waals surface area contributed by atoms with E-state index in [9.17, 15) is 13.2 Å². The van der Waals surface area contributed by atoms with Crippen molar-refractivity contribution in [1.82, 2.24) is 10.2 Å². The van der Waals surface area contributed by atoms with Crippen LogP contribution in [0.3, 0.4) is 0 Å². The minimum absolute atomic E-state index is 0.0162. The van der Waals surface area contributed by atoms with Crippen LogP contribution in [0, 0.1) is 0 Å². The lowest BCUT2D eigenvalue weighted by molar-refractivity contribution is -0.116. The summed E-state index contributed by atoms with van der Waals surface area (Å²) >= 11 is 5.80. The molecule has 0 atom stereocenters. The second-order valence-corrected chi connectivity index (χ2v) is 8.69. The van der Waals surface area contributed by atoms with Gasteiger partial charge >= 0.3 is 5.22 Å². The van der Waals surface area contributed by atoms with Gasteiger partial charge in [0.15, 0.2) is 6.61 Å². The summed E-state index contributed by atoms with van der Waals surface area (Å²) in [5.74, 6) is -0.787. The van der Waals surface area contributed by atoms with E-state index in [1.807, 2.05) is 18.2 Å². The number of carbonyl (C=O) groups is 1. The Labute approximate surface area is 172 Å². The van der Waals surface area contributed by atoms with Crippen LogP contribution in [0.4, 0.5) is 5.69 Å². The number of hydrogen-bond donors (Lipinski definition) is 0. The van der Waals surface area contributed by atoms with E-state index in [0.29, 0.717) is 23.7 Å². The van der Waals surface area contributed by atoms with Gasteiger partial charge in [0.05, 0.1) is 0 Å². The third-order valence-electron chi connectivity index (χ3n) is 4.39. The molecule has 2 aromatic carbocycles. The van der Waals surface area contributed by atoms with Gasteiger partial charge in [0.25, 0.3) is 5.89 Å². The first-order valence-electron chi connectivity index (χ1n) is 8.74. The summed E-state index contributed by atoms with van der Waals surface area (Å²) in [6, 6.07) is 14.0. The summed E-state index contributed by atoms with van der Waals surface area (Å²) in [6.45, 7) is 0.329. The zero-order valence-corrected chi connectivity index (χ0v) is 16.7. The molecule has 150 valence electrons. The fraction of sp³-hybridized carbons (Fsp3) is 0.211. The molecule has 10 heteroatoms. The zero-order chi connectivity index (χ0) is 20.4. The summed E-state index contributed by atoms with van der Waals surface area (Å²) in [5, 5.41) is 7.21. The van der Waals surface area contributed by atoms with Gasteiger partial charge in [-0.05, 0) is 42.3 Å². The van der Waals surface area contributed by atoms with Crippen LogP contribution < -0.4 is 9.64 Å². The molecule has 3 aromatic rings. The summed E-state index contributed by atoms with van der Waals surface area (Å²) in [5.41, 5.74) is 1.74. The van der Waals surface area contributed by atoms with E-state index in [4.69, 9.17) is 20.8 Å². The normalized spacial score (nSPS) is 13.3. The number of rotatable bonds is 6. The van der Waals surface area contributed by atoms with Gasteiger partial charge in [-0.15, -0.1) is 5.10 Å². The Morgan fingerprint density at radius 3 is 2.69 bits per heavy atom. The van der Waals surface area contributed by atoms with E-state index in [0.717, 1.165) is 11.3 Å². The minimum Gasteiger partial charge on any atom is -0.484 e. The first-order chi connectivity index (χ1) is 13.9. The van der Waals surface area contributed by atoms with Crippen molar-refractivity contribution in [3.05, 3.63) is 65.0 Å². The largest absolute Gasteiger partial charge is 0.484 e. The number of aromatic nitrogens is 2. The molecule has 1 aliphatic rings. The van der Waals surface area contributed by atoms with Gasteiger partial charge in [0.1, 0.15) is 11.5 Å². The van der Waals surface area contributed by atoms with Crippen molar-refractivity contribution in [2.24, 2.45) is 0 Å². The lowest BCUT2D eigenvalue weighted by atomic mass is 10.2. The van der Waals surface area contributed by atoms with Crippen molar-refractivity contribution < 1.29 is 22.4 Å². The molecule has 2 heterocycles. The van der Waals surface area contributed by atoms with Crippen LogP contribution in [0.2, 0.25) is 5.02 Å². The van der Waals surface area contributed by atoms with Crippen molar-refractivity contribution in [3.8, 4) is 5.75 Å². The molecule has 0 bridgehead atoms. The fourth-order valence-corrected chi connectivity index (χ4v) is 4.12. The molecule has 0 N–H and O–H groups in total. The standard InChI is InChI=1S/C19H16ClN3O5S/c20-14-5-7-15(8-6-14)27-11-17-21-22-19(28-17)29(25,26)12-18(24)23-10-9-13-3-1-2-4-16(13)23/h1-8H,9-12H2. The first-order valence-corrected chi connectivity index (χ1v) is 10.8. The maximum atomic E-state index is 12.6. The third kappa shape index (κ3) is 4.25. The van der Waals surface area contributed by atoms with Crippen LogP contribution in [0.5, 0.6) is 5.75 Å². The number of hydrogen-bond acceptors (Lipinski definition) is 7. The number of para-hydroxylation sites is 1. The van der Waals surface area contributed by atoms with Gasteiger partial charge in [0, 0.05) is 17.3 Å². The number of fused-ring (bicyclic) bond motifs is 1. The molecular weight excluding hydrogens is 418 g/mol. The second-order valence-electron chi connectivity index (χ2n) is 6.39. The molecule has 0 fully saturated rings. The topological polar surface area (TPSA) is 103 Å². The smallest absolute Gasteiger partial charge is 0.336 e. The van der Waals surface area contributed by atoms with Gasteiger partial charge in [-0.3, -0.25) is 4.79 Å². The number of nitrogens with zero attached hydrogens (tertiary/aromatic N) is 3. The van der Waals surface area contributed by atoms with Crippen molar-refractivity contribution in [3.63, 3.8) is 0 Å². The van der Waals surface area contributed by atoms with E-state index in [-0.39, 0.29) is 12.5 Å². The summed E-state index contributed by atoms with van der Waals surface area (Å²) in [7, 11) is -4.07. The van der Waals surface area contributed by atoms with Gasteiger partial charge in [-0.2, -0.15) is 0 Å². The molecule has 0 saturated heterocycles. The van der Waals surface area contributed by atoms with Crippen LogP contribution in [-0.4, -0.2) is 36.8 Å². The van der Waals surface area contributed by atoms with E-state index in [2.05, 4.69) is 10.2 Å². The Morgan fingerprint density at radius 2 is 1.90 bits per heavy atom. The number of amides is 1. The average Bonchev–Trinajstić information content (AvgIpc) is 3.35. The van der Waals surface area contributed by atoms with Crippen LogP contribution in [0.25, 0.3) is 0 Å². The molecule has 0 unspecified atom stereocenters. The van der Waals surface area contributed by atoms with E-state index in [1.54, 1.807) is 30.3 Å². The van der Waals surface area contributed by atoms with Gasteiger partial charge in [0.2, 0.25) is 15.7 Å². The maximum absolute atomic E-state index is 12.6. The van der Waals surface area contributed by atoms with Gasteiger partial charge < -0.3 is 14.1 Å². The molecule has 1 aliphatic heterocycles. The number of sulfone groups is 1. The van der Waals surface area contributed by atoms with Gasteiger partial charge in [-0.25, -0.2) is 8.42 Å². The van der Waals surface area contributed by atoms with Crippen LogP contribution in [0.1, 0.15) is 11.5 Å². The zero-order valence-electron chi connectivity index (χ0n) is 15.1. The highest BCUT2D eigenvalue weighted by Crippen LogP contribution is 2.28. The summed E-state index contributed by atoms with van der Waals surface area (Å²) in [4.78, 5) is 14.0. The Kier molecular flexibility index (Phi) is 5.25. The van der Waals surface area contributed by atoms with E-state index in [1.165, 1.54) is 4.90 Å². The maximum Gasteiger partial charge on any atom is 0.336 e. The molecule has 0 radical (unpaired) electrons. The molecule has 0 saturated carbocycles. The number of benzene rings is 2. The quantitative estimate of drug-likeness (QED) is 0.588. The first kappa shape index (κ1) is 19.4. The second kappa shape index (κ2) is 7.84. The minimum atomic E-state index is -4.07. The molecule has 1 aromatic heterocycles. The summed E-state index contributed by atoms with van der Waals surface area (Å²) in [6.07, 6.45) is 0.689. The van der Waals surface area contributed by atoms with Gasteiger partial charge in [-0.1, -0.05) is 34.9 Å². The molecule has 29 heavy (non-hydrogen) atoms.